The maximum atomic E-state index is 9.68. The van der Waals surface area contributed by atoms with Gasteiger partial charge < -0.3 is 10.2 Å². The van der Waals surface area contributed by atoms with E-state index in [1.54, 1.807) is 5.43 Å². The van der Waals surface area contributed by atoms with Crippen LogP contribution in [0.25, 0.3) is 0 Å². The molecule has 0 aliphatic rings. The summed E-state index contributed by atoms with van der Waals surface area (Å²) >= 11 is 0. The van der Waals surface area contributed by atoms with Crippen LogP contribution in [0.2, 0.25) is 0 Å². The van der Waals surface area contributed by atoms with E-state index in [0.717, 1.165) is 0 Å². The summed E-state index contributed by atoms with van der Waals surface area (Å²) in [5.41, 5.74) is 1.76. The fraction of sp³-hybridized carbons (Fsp3) is 0.500. The first-order valence-electron chi connectivity index (χ1n) is 2.38. The van der Waals surface area contributed by atoms with Gasteiger partial charge in [-0.05, 0) is 0 Å². The number of nitrogens with one attached hydrogen (secondary N) is 1. The molecule has 0 spiro atoms. The van der Waals surface area contributed by atoms with E-state index in [1.807, 2.05) is 0 Å². The molecule has 0 heterocycles. The van der Waals surface area contributed by atoms with Crippen LogP contribution in [0.5, 0.6) is 0 Å². The lowest BCUT2D eigenvalue weighted by Crippen LogP contribution is -2.13. The zero-order valence-corrected chi connectivity index (χ0v) is 4.74. The summed E-state index contributed by atoms with van der Waals surface area (Å²) in [6.07, 6.45) is 0.443. The number of aliphatic hydroxyl groups excluding tert-OH is 1. The highest BCUT2D eigenvalue weighted by molar-refractivity contribution is 5.66. The fourth-order valence-electron chi connectivity index (χ4n) is 0.223. The summed E-state index contributed by atoms with van der Waals surface area (Å²) in [7, 11) is 0. The summed E-state index contributed by atoms with van der Waals surface area (Å²) < 4.78 is 0. The molecule has 0 aromatic rings. The van der Waals surface area contributed by atoms with Crippen LogP contribution >= 0.6 is 0 Å². The average molecular weight is 132 g/mol. The zero-order valence-electron chi connectivity index (χ0n) is 4.74. The molecule has 0 radical (unpaired) electrons. The topological polar surface area (TPSA) is 81.9 Å². The standard InChI is InChI=1S/C4H8N2O3/c7-3-1-2-5-6-4(8)9/h2,6-7H,1,3H2,(H,8,9). The summed E-state index contributed by atoms with van der Waals surface area (Å²) in [6.45, 7) is -0.0230. The Balaban J connectivity index is 3.14. The van der Waals surface area contributed by atoms with Crippen molar-refractivity contribution in [3.8, 4) is 0 Å². The minimum Gasteiger partial charge on any atom is -0.464 e. The largest absolute Gasteiger partial charge is 0.464 e. The predicted molar refractivity (Wildman–Crippen MR) is 31.4 cm³/mol. The van der Waals surface area contributed by atoms with Gasteiger partial charge in [-0.2, -0.15) is 5.10 Å². The number of carboxylic acid groups (broad SMARTS) is 1. The van der Waals surface area contributed by atoms with Crippen molar-refractivity contribution in [2.75, 3.05) is 6.61 Å². The minimum atomic E-state index is -1.20. The van der Waals surface area contributed by atoms with E-state index in [-0.39, 0.29) is 6.61 Å². The van der Waals surface area contributed by atoms with Crippen molar-refractivity contribution in [1.82, 2.24) is 5.43 Å². The molecule has 0 saturated heterocycles. The number of hydrogen-bond donors (Lipinski definition) is 3. The third kappa shape index (κ3) is 6.90. The van der Waals surface area contributed by atoms with Crippen LogP contribution in [0.15, 0.2) is 5.10 Å². The maximum Gasteiger partial charge on any atom is 0.425 e. The third-order valence-electron chi connectivity index (χ3n) is 0.510. The molecule has 0 aliphatic carbocycles. The molecule has 0 bridgehead atoms. The molecule has 9 heavy (non-hydrogen) atoms. The number of hydrazone groups is 1. The second kappa shape index (κ2) is 5.04. The average Bonchev–Trinajstić information content (AvgIpc) is 1.80. The van der Waals surface area contributed by atoms with E-state index in [2.05, 4.69) is 5.10 Å². The van der Waals surface area contributed by atoms with E-state index in [4.69, 9.17) is 10.2 Å². The van der Waals surface area contributed by atoms with Gasteiger partial charge in [0.15, 0.2) is 0 Å². The molecule has 5 heteroatoms. The monoisotopic (exact) mass is 132 g/mol. The summed E-state index contributed by atoms with van der Waals surface area (Å²) in [5.74, 6) is 0. The van der Waals surface area contributed by atoms with E-state index in [9.17, 15) is 4.79 Å². The van der Waals surface area contributed by atoms with Crippen molar-refractivity contribution >= 4 is 12.3 Å². The Kier molecular flexibility index (Phi) is 4.43. The number of rotatable bonds is 3. The lowest BCUT2D eigenvalue weighted by molar-refractivity contribution is 0.195. The minimum absolute atomic E-state index is 0.0230. The second-order valence-electron chi connectivity index (χ2n) is 1.24. The van der Waals surface area contributed by atoms with Gasteiger partial charge in [-0.25, -0.2) is 10.2 Å². The van der Waals surface area contributed by atoms with Gasteiger partial charge in [0.2, 0.25) is 0 Å². The van der Waals surface area contributed by atoms with Crippen LogP contribution in [-0.4, -0.2) is 29.1 Å². The lowest BCUT2D eigenvalue weighted by Gasteiger charge is -1.86. The Bertz CT molecular complexity index is 112. The molecule has 0 aliphatic heterocycles. The number of nitrogens with zero attached hydrogens (tertiary/aromatic N) is 1. The SMILES string of the molecule is O=C(O)NN=CCCO. The molecular formula is C4H8N2O3. The van der Waals surface area contributed by atoms with E-state index in [1.165, 1.54) is 6.21 Å². The summed E-state index contributed by atoms with van der Waals surface area (Å²) in [5, 5.41) is 19.3. The highest BCUT2D eigenvalue weighted by Gasteiger charge is 1.84. The molecule has 5 nitrogen and oxygen atoms in total. The molecule has 0 fully saturated rings. The highest BCUT2D eigenvalue weighted by atomic mass is 16.4. The zero-order chi connectivity index (χ0) is 7.11. The summed E-state index contributed by atoms with van der Waals surface area (Å²) in [4.78, 5) is 9.68. The predicted octanol–water partition coefficient (Wildman–Crippen LogP) is -0.378. The molecule has 1 amide bonds. The van der Waals surface area contributed by atoms with Crippen LogP contribution in [-0.2, 0) is 0 Å². The van der Waals surface area contributed by atoms with Gasteiger partial charge in [-0.15, -0.1) is 0 Å². The van der Waals surface area contributed by atoms with Crippen molar-refractivity contribution in [2.45, 2.75) is 6.42 Å². The Morgan fingerprint density at radius 2 is 2.44 bits per heavy atom. The van der Waals surface area contributed by atoms with E-state index in [0.29, 0.717) is 6.42 Å². The third-order valence-corrected chi connectivity index (χ3v) is 0.510. The van der Waals surface area contributed by atoms with E-state index >= 15 is 0 Å². The fourth-order valence-corrected chi connectivity index (χ4v) is 0.223. The molecule has 52 valence electrons. The van der Waals surface area contributed by atoms with Crippen molar-refractivity contribution < 1.29 is 15.0 Å². The number of amides is 1. The van der Waals surface area contributed by atoms with Gasteiger partial charge in [-0.3, -0.25) is 0 Å². The maximum absolute atomic E-state index is 9.68. The van der Waals surface area contributed by atoms with Gasteiger partial charge in [0, 0.05) is 19.2 Å². The van der Waals surface area contributed by atoms with Gasteiger partial charge in [0.05, 0.1) is 0 Å². The summed E-state index contributed by atoms with van der Waals surface area (Å²) in [6, 6.07) is 0. The Morgan fingerprint density at radius 3 is 2.89 bits per heavy atom. The smallest absolute Gasteiger partial charge is 0.425 e. The molecule has 0 aromatic carbocycles. The van der Waals surface area contributed by atoms with Gasteiger partial charge >= 0.3 is 6.09 Å². The van der Waals surface area contributed by atoms with Crippen LogP contribution in [0.3, 0.4) is 0 Å². The first-order chi connectivity index (χ1) is 4.27. The van der Waals surface area contributed by atoms with Crippen LogP contribution in [0.4, 0.5) is 4.79 Å². The Hall–Kier alpha value is -1.10. The normalized spacial score (nSPS) is 9.89. The van der Waals surface area contributed by atoms with Crippen molar-refractivity contribution in [3.05, 3.63) is 0 Å². The second-order valence-corrected chi connectivity index (χ2v) is 1.24. The van der Waals surface area contributed by atoms with Crippen molar-refractivity contribution in [3.63, 3.8) is 0 Å². The van der Waals surface area contributed by atoms with Crippen LogP contribution in [0.1, 0.15) is 6.42 Å². The van der Waals surface area contributed by atoms with Gasteiger partial charge in [-0.1, -0.05) is 0 Å². The number of hydrogen-bond acceptors (Lipinski definition) is 3. The molecular weight excluding hydrogens is 124 g/mol. The molecule has 0 unspecified atom stereocenters. The van der Waals surface area contributed by atoms with Crippen LogP contribution in [0, 0.1) is 0 Å². The number of carbonyl (C=O) groups is 1. The molecule has 0 aromatic heterocycles. The van der Waals surface area contributed by atoms with E-state index < -0.39 is 6.09 Å². The Labute approximate surface area is 52.0 Å². The van der Waals surface area contributed by atoms with Crippen molar-refractivity contribution in [1.29, 1.82) is 0 Å². The van der Waals surface area contributed by atoms with Crippen LogP contribution < -0.4 is 5.43 Å². The first kappa shape index (κ1) is 7.90. The number of aliphatic hydroxyl groups is 1. The highest BCUT2D eigenvalue weighted by Crippen LogP contribution is 1.67. The molecule has 0 rings (SSSR count). The first-order valence-corrected chi connectivity index (χ1v) is 2.38. The van der Waals surface area contributed by atoms with Crippen molar-refractivity contribution in [2.24, 2.45) is 5.10 Å². The molecule has 0 atom stereocenters. The Morgan fingerprint density at radius 1 is 1.78 bits per heavy atom. The van der Waals surface area contributed by atoms with Gasteiger partial charge in [0.25, 0.3) is 0 Å². The quantitative estimate of drug-likeness (QED) is 0.361. The lowest BCUT2D eigenvalue weighted by atomic mass is 10.5. The molecule has 3 N–H and O–H groups in total. The molecule has 0 saturated carbocycles. The van der Waals surface area contributed by atoms with Gasteiger partial charge in [0.1, 0.15) is 0 Å².